The van der Waals surface area contributed by atoms with E-state index < -0.39 is 9.84 Å². The zero-order chi connectivity index (χ0) is 36.3. The van der Waals surface area contributed by atoms with Crippen LogP contribution in [0.15, 0.2) is 12.2 Å². The molecule has 0 spiro atoms. The van der Waals surface area contributed by atoms with E-state index in [1.54, 1.807) is 0 Å². The van der Waals surface area contributed by atoms with Crippen molar-refractivity contribution in [3.05, 3.63) is 12.2 Å². The van der Waals surface area contributed by atoms with Crippen LogP contribution in [0.2, 0.25) is 0 Å². The van der Waals surface area contributed by atoms with Crippen molar-refractivity contribution < 1.29 is 17.9 Å². The Hall–Kier alpha value is -0.880. The predicted octanol–water partition coefficient (Wildman–Crippen LogP) is 10.3. The first-order valence-corrected chi connectivity index (χ1v) is 23.0. The number of hydrogen-bond acceptors (Lipinski definition) is 5. The molecule has 0 amide bonds. The van der Waals surface area contributed by atoms with Crippen LogP contribution in [-0.2, 0) is 19.4 Å². The van der Waals surface area contributed by atoms with Gasteiger partial charge in [-0.05, 0) is 148 Å². The van der Waals surface area contributed by atoms with Gasteiger partial charge in [0.2, 0.25) is 0 Å². The van der Waals surface area contributed by atoms with Gasteiger partial charge < -0.3 is 9.64 Å². The summed E-state index contributed by atoms with van der Waals surface area (Å²) >= 11 is 0. The van der Waals surface area contributed by atoms with Crippen molar-refractivity contribution >= 4 is 15.8 Å². The molecular weight excluding hydrogens is 639 g/mol. The fourth-order valence-electron chi connectivity index (χ4n) is 14.6. The van der Waals surface area contributed by atoms with Crippen molar-refractivity contribution in [2.75, 3.05) is 31.1 Å². The molecule has 0 aromatic carbocycles. The van der Waals surface area contributed by atoms with E-state index in [0.29, 0.717) is 57.3 Å². The Morgan fingerprint density at radius 2 is 1.52 bits per heavy atom. The maximum atomic E-state index is 12.9. The highest BCUT2D eigenvalue weighted by Crippen LogP contribution is 2.78. The molecule has 5 aliphatic carbocycles. The van der Waals surface area contributed by atoms with Gasteiger partial charge in [0.05, 0.1) is 11.5 Å². The molecule has 6 fully saturated rings. The predicted molar refractivity (Wildman–Crippen MR) is 206 cm³/mol. The minimum Gasteiger partial charge on any atom is -0.462 e. The molecule has 6 rings (SSSR count). The molecule has 0 unspecified atom stereocenters. The summed E-state index contributed by atoms with van der Waals surface area (Å²) in [5.74, 6) is 4.61. The summed E-state index contributed by atoms with van der Waals surface area (Å²) in [6.07, 6.45) is 20.1. The van der Waals surface area contributed by atoms with E-state index in [9.17, 15) is 13.2 Å². The summed E-state index contributed by atoms with van der Waals surface area (Å²) in [6.45, 7) is 26.8. The molecule has 1 aliphatic heterocycles. The molecule has 0 radical (unpaired) electrons. The van der Waals surface area contributed by atoms with Gasteiger partial charge >= 0.3 is 5.97 Å². The molecule has 0 N–H and O–H groups in total. The lowest BCUT2D eigenvalue weighted by Crippen LogP contribution is -2.66. The lowest BCUT2D eigenvalue weighted by molar-refractivity contribution is -0.250. The summed E-state index contributed by atoms with van der Waals surface area (Å²) in [5.41, 5.74) is 2.94. The van der Waals surface area contributed by atoms with Crippen molar-refractivity contribution in [2.24, 2.45) is 62.6 Å². The van der Waals surface area contributed by atoms with Crippen LogP contribution < -0.4 is 0 Å². The Morgan fingerprint density at radius 3 is 2.20 bits per heavy atom. The van der Waals surface area contributed by atoms with Crippen molar-refractivity contribution in [3.8, 4) is 0 Å². The van der Waals surface area contributed by atoms with Gasteiger partial charge in [-0.1, -0.05) is 79.9 Å². The topological polar surface area (TPSA) is 63.7 Å². The van der Waals surface area contributed by atoms with Crippen LogP contribution in [0.4, 0.5) is 0 Å². The van der Waals surface area contributed by atoms with Gasteiger partial charge in [-0.3, -0.25) is 4.79 Å². The molecule has 1 heterocycles. The molecule has 0 aromatic rings. The van der Waals surface area contributed by atoms with Crippen molar-refractivity contribution in [2.45, 2.75) is 164 Å². The highest BCUT2D eigenvalue weighted by molar-refractivity contribution is 7.91. The van der Waals surface area contributed by atoms with Crippen LogP contribution in [0.25, 0.3) is 0 Å². The number of carbonyl (C=O) groups is 1. The number of unbranched alkanes of at least 4 members (excludes halogenated alkanes) is 3. The lowest BCUT2D eigenvalue weighted by atomic mass is 9.32. The second kappa shape index (κ2) is 14.1. The fourth-order valence-corrected chi connectivity index (χ4v) is 15.9. The van der Waals surface area contributed by atoms with Crippen LogP contribution in [0, 0.1) is 62.6 Å². The number of carbonyl (C=O) groups excluding carboxylic acids is 1. The number of sulfone groups is 1. The summed E-state index contributed by atoms with van der Waals surface area (Å²) in [5, 5.41) is 0. The Morgan fingerprint density at radius 1 is 0.820 bits per heavy atom. The SMILES string of the molecule is C=C(C)[C@@H]1CC[C@]2(CCCCCCN3CCS(=O)(=O)CC3)CC[C@]3(C)[C@H](CC[C@@H]4[C@@]5(C)CC[C@H](OC(=O)CC(C)C)C(C)(C)[C@@H]5CC[C@]43C)[C@@H]12. The van der Waals surface area contributed by atoms with Gasteiger partial charge in [-0.15, -0.1) is 0 Å². The second-order valence-electron chi connectivity index (χ2n) is 20.6. The quantitative estimate of drug-likeness (QED) is 0.121. The molecule has 0 aromatic heterocycles. The van der Waals surface area contributed by atoms with Crippen molar-refractivity contribution in [1.29, 1.82) is 0 Å². The smallest absolute Gasteiger partial charge is 0.306 e. The lowest BCUT2D eigenvalue weighted by Gasteiger charge is -2.73. The van der Waals surface area contributed by atoms with E-state index in [-0.39, 0.29) is 17.5 Å². The van der Waals surface area contributed by atoms with Gasteiger partial charge in [0.1, 0.15) is 6.10 Å². The maximum absolute atomic E-state index is 12.9. The fraction of sp³-hybridized carbons (Fsp3) is 0.932. The number of ether oxygens (including phenoxy) is 1. The Kier molecular flexibility index (Phi) is 10.9. The molecule has 5 nitrogen and oxygen atoms in total. The Balaban J connectivity index is 1.14. The zero-order valence-corrected chi connectivity index (χ0v) is 34.4. The maximum Gasteiger partial charge on any atom is 0.306 e. The number of rotatable bonds is 11. The molecule has 6 aliphatic rings. The summed E-state index contributed by atoms with van der Waals surface area (Å²) in [6, 6.07) is 0. The minimum atomic E-state index is -2.80. The third kappa shape index (κ3) is 6.72. The summed E-state index contributed by atoms with van der Waals surface area (Å²) in [4.78, 5) is 15.2. The number of nitrogens with zero attached hydrogens (tertiary/aromatic N) is 1. The second-order valence-corrected chi connectivity index (χ2v) is 22.9. The summed E-state index contributed by atoms with van der Waals surface area (Å²) < 4.78 is 29.9. The third-order valence-corrected chi connectivity index (χ3v) is 19.0. The highest BCUT2D eigenvalue weighted by atomic mass is 32.2. The third-order valence-electron chi connectivity index (χ3n) is 17.4. The van der Waals surface area contributed by atoms with Gasteiger partial charge in [0, 0.05) is 24.9 Å². The van der Waals surface area contributed by atoms with Gasteiger partial charge in [-0.2, -0.15) is 0 Å². The minimum absolute atomic E-state index is 0.00152. The normalized spacial score (nSPS) is 43.7. The van der Waals surface area contributed by atoms with Crippen molar-refractivity contribution in [3.63, 3.8) is 0 Å². The molecule has 10 atom stereocenters. The van der Waals surface area contributed by atoms with E-state index in [1.807, 2.05) is 0 Å². The Bertz CT molecular complexity index is 1360. The molecule has 286 valence electrons. The molecule has 50 heavy (non-hydrogen) atoms. The first kappa shape index (κ1) is 38.8. The number of allylic oxidation sites excluding steroid dienone is 1. The number of fused-ring (bicyclic) bond motifs is 7. The Labute approximate surface area is 307 Å². The molecule has 6 heteroatoms. The molecule has 5 saturated carbocycles. The molecule has 0 bridgehead atoms. The average molecular weight is 714 g/mol. The first-order chi connectivity index (χ1) is 23.4. The largest absolute Gasteiger partial charge is 0.462 e. The standard InChI is InChI=1S/C44H75NO4S/c1-31(2)30-38(46)49-37-18-20-41(7)35(40(37,5)6)17-21-43(9)36(41)15-14-34-39-33(32(3)4)16-22-44(39,24-23-42(34,43)8)19-12-10-11-13-25-45-26-28-50(47,48)29-27-45/h31,33-37,39H,3,10-30H2,1-2,4-9H3/t33-,34+,35-,36+,37-,39+,41-,42+,43+,44+/m0/s1. The van der Waals surface area contributed by atoms with E-state index in [0.717, 1.165) is 43.8 Å². The van der Waals surface area contributed by atoms with Crippen LogP contribution in [-0.4, -0.2) is 56.5 Å². The summed E-state index contributed by atoms with van der Waals surface area (Å²) in [7, 11) is -2.80. The van der Waals surface area contributed by atoms with Crippen LogP contribution in [0.5, 0.6) is 0 Å². The van der Waals surface area contributed by atoms with Crippen LogP contribution in [0.3, 0.4) is 0 Å². The molecule has 1 saturated heterocycles. The van der Waals surface area contributed by atoms with Gasteiger partial charge in [0.25, 0.3) is 0 Å². The van der Waals surface area contributed by atoms with E-state index in [2.05, 4.69) is 66.9 Å². The first-order valence-electron chi connectivity index (χ1n) is 21.2. The van der Waals surface area contributed by atoms with Crippen LogP contribution in [0.1, 0.15) is 158 Å². The van der Waals surface area contributed by atoms with E-state index in [1.165, 1.54) is 95.5 Å². The zero-order valence-electron chi connectivity index (χ0n) is 33.6. The highest BCUT2D eigenvalue weighted by Gasteiger charge is 2.71. The number of hydrogen-bond donors (Lipinski definition) is 0. The average Bonchev–Trinajstić information content (AvgIpc) is 3.41. The van der Waals surface area contributed by atoms with Crippen molar-refractivity contribution in [1.82, 2.24) is 4.90 Å². The van der Waals surface area contributed by atoms with Gasteiger partial charge in [0.15, 0.2) is 9.84 Å². The molecular formula is C44H75NO4S. The van der Waals surface area contributed by atoms with Crippen LogP contribution >= 0.6 is 0 Å². The monoisotopic (exact) mass is 714 g/mol. The van der Waals surface area contributed by atoms with E-state index in [4.69, 9.17) is 4.74 Å². The van der Waals surface area contributed by atoms with Gasteiger partial charge in [-0.25, -0.2) is 8.42 Å². The van der Waals surface area contributed by atoms with E-state index >= 15 is 0 Å². The number of esters is 1.